The van der Waals surface area contributed by atoms with E-state index in [1.165, 1.54) is 0 Å². The summed E-state index contributed by atoms with van der Waals surface area (Å²) < 4.78 is 0. The van der Waals surface area contributed by atoms with Crippen LogP contribution >= 0.6 is 11.3 Å². The van der Waals surface area contributed by atoms with E-state index in [1.54, 1.807) is 11.3 Å². The Hall–Kier alpha value is -1.88. The first-order chi connectivity index (χ1) is 11.3. The van der Waals surface area contributed by atoms with E-state index in [9.17, 15) is 4.79 Å². The van der Waals surface area contributed by atoms with E-state index in [-0.39, 0.29) is 0 Å². The summed E-state index contributed by atoms with van der Waals surface area (Å²) in [5.41, 5.74) is 2.20. The number of hydrogen-bond acceptors (Lipinski definition) is 4. The summed E-state index contributed by atoms with van der Waals surface area (Å²) in [5, 5.41) is 3.20. The minimum absolute atomic E-state index is 0.325. The largest absolute Gasteiger partial charge is 0.346 e. The number of rotatable bonds is 3. The molecule has 23 heavy (non-hydrogen) atoms. The van der Waals surface area contributed by atoms with Crippen LogP contribution in [0.3, 0.4) is 0 Å². The molecule has 1 aromatic carbocycles. The molecule has 1 aromatic heterocycles. The van der Waals surface area contributed by atoms with E-state index in [4.69, 9.17) is 4.98 Å². The third kappa shape index (κ3) is 3.24. The molecule has 2 aromatic rings. The molecular weight excluding hydrogens is 306 g/mol. The van der Waals surface area contributed by atoms with Gasteiger partial charge in [-0.2, -0.15) is 0 Å². The van der Waals surface area contributed by atoms with E-state index in [0.717, 1.165) is 61.8 Å². The van der Waals surface area contributed by atoms with Crippen LogP contribution < -0.4 is 4.90 Å². The van der Waals surface area contributed by atoms with Crippen molar-refractivity contribution in [1.82, 2.24) is 9.88 Å². The highest BCUT2D eigenvalue weighted by molar-refractivity contribution is 7.14. The molecule has 0 unspecified atom stereocenters. The fourth-order valence-corrected chi connectivity index (χ4v) is 3.96. The Morgan fingerprint density at radius 1 is 1.09 bits per heavy atom. The lowest BCUT2D eigenvalue weighted by molar-refractivity contribution is -0.132. The van der Waals surface area contributed by atoms with Crippen molar-refractivity contribution < 1.29 is 4.79 Å². The Morgan fingerprint density at radius 3 is 2.70 bits per heavy atom. The van der Waals surface area contributed by atoms with Gasteiger partial charge in [0.15, 0.2) is 5.13 Å². The van der Waals surface area contributed by atoms with Crippen LogP contribution in [0.2, 0.25) is 0 Å². The lowest BCUT2D eigenvalue weighted by Gasteiger charge is -2.21. The monoisotopic (exact) mass is 327 g/mol. The summed E-state index contributed by atoms with van der Waals surface area (Å²) in [5.74, 6) is 0.696. The molecule has 2 heterocycles. The number of carbonyl (C=O) groups excluding carboxylic acids is 1. The summed E-state index contributed by atoms with van der Waals surface area (Å²) in [7, 11) is 0. The molecule has 0 radical (unpaired) electrons. The maximum Gasteiger partial charge on any atom is 0.225 e. The Balaban J connectivity index is 1.44. The average Bonchev–Trinajstić information content (AvgIpc) is 3.37. The fraction of sp³-hybridized carbons (Fsp3) is 0.444. The van der Waals surface area contributed by atoms with Crippen molar-refractivity contribution in [3.63, 3.8) is 0 Å². The van der Waals surface area contributed by atoms with Crippen LogP contribution in [0.4, 0.5) is 5.13 Å². The van der Waals surface area contributed by atoms with Gasteiger partial charge >= 0.3 is 0 Å². The molecule has 120 valence electrons. The number of nitrogens with zero attached hydrogens (tertiary/aromatic N) is 3. The maximum atomic E-state index is 12.2. The second-order valence-corrected chi connectivity index (χ2v) is 7.16. The van der Waals surface area contributed by atoms with Crippen molar-refractivity contribution in [2.45, 2.75) is 19.3 Å². The summed E-state index contributed by atoms with van der Waals surface area (Å²) in [6.07, 6.45) is 3.20. The molecule has 0 N–H and O–H groups in total. The highest BCUT2D eigenvalue weighted by atomic mass is 32.1. The van der Waals surface area contributed by atoms with Gasteiger partial charge in [0.2, 0.25) is 5.91 Å². The SMILES string of the molecule is O=C(C1CC1)N1CCCN(c2nc(-c3ccccc3)cs2)CC1. The van der Waals surface area contributed by atoms with Crippen LogP contribution in [0.5, 0.6) is 0 Å². The van der Waals surface area contributed by atoms with E-state index < -0.39 is 0 Å². The first-order valence-corrected chi connectivity index (χ1v) is 9.24. The zero-order valence-corrected chi connectivity index (χ0v) is 14.0. The minimum atomic E-state index is 0.325. The molecule has 4 rings (SSSR count). The van der Waals surface area contributed by atoms with Crippen LogP contribution in [0.15, 0.2) is 35.7 Å². The van der Waals surface area contributed by atoms with E-state index in [1.807, 2.05) is 18.2 Å². The first-order valence-electron chi connectivity index (χ1n) is 8.36. The number of aromatic nitrogens is 1. The molecule has 2 fully saturated rings. The van der Waals surface area contributed by atoms with Gasteiger partial charge in [-0.05, 0) is 19.3 Å². The Bertz CT molecular complexity index is 681. The van der Waals surface area contributed by atoms with Crippen LogP contribution in [0.25, 0.3) is 11.3 Å². The summed E-state index contributed by atoms with van der Waals surface area (Å²) in [6.45, 7) is 3.59. The molecule has 1 aliphatic carbocycles. The van der Waals surface area contributed by atoms with Gasteiger partial charge < -0.3 is 9.80 Å². The predicted octanol–water partition coefficient (Wildman–Crippen LogP) is 3.26. The highest BCUT2D eigenvalue weighted by Crippen LogP contribution is 2.32. The summed E-state index contributed by atoms with van der Waals surface area (Å²) in [6, 6.07) is 10.3. The van der Waals surface area contributed by atoms with Gasteiger partial charge in [0, 0.05) is 43.0 Å². The quantitative estimate of drug-likeness (QED) is 0.868. The second-order valence-electron chi connectivity index (χ2n) is 6.32. The topological polar surface area (TPSA) is 36.4 Å². The van der Waals surface area contributed by atoms with Crippen LogP contribution in [0, 0.1) is 5.92 Å². The third-order valence-corrected chi connectivity index (χ3v) is 5.47. The normalized spacial score (nSPS) is 18.8. The molecule has 0 bridgehead atoms. The van der Waals surface area contributed by atoms with Crippen LogP contribution in [-0.4, -0.2) is 42.0 Å². The van der Waals surface area contributed by atoms with Crippen molar-refractivity contribution in [2.24, 2.45) is 5.92 Å². The highest BCUT2D eigenvalue weighted by Gasteiger charge is 2.34. The fourth-order valence-electron chi connectivity index (χ4n) is 3.07. The van der Waals surface area contributed by atoms with Gasteiger partial charge in [-0.25, -0.2) is 4.98 Å². The maximum absolute atomic E-state index is 12.2. The number of anilines is 1. The van der Waals surface area contributed by atoms with Crippen molar-refractivity contribution in [1.29, 1.82) is 0 Å². The van der Waals surface area contributed by atoms with Crippen molar-refractivity contribution in [3.05, 3.63) is 35.7 Å². The summed E-state index contributed by atoms with van der Waals surface area (Å²) >= 11 is 1.70. The Kier molecular flexibility index (Phi) is 4.04. The predicted molar refractivity (Wildman–Crippen MR) is 93.7 cm³/mol. The zero-order chi connectivity index (χ0) is 15.6. The lowest BCUT2D eigenvalue weighted by Crippen LogP contribution is -2.36. The molecule has 1 saturated heterocycles. The van der Waals surface area contributed by atoms with Crippen molar-refractivity contribution in [2.75, 3.05) is 31.1 Å². The van der Waals surface area contributed by atoms with Gasteiger partial charge in [0.25, 0.3) is 0 Å². The molecule has 1 amide bonds. The van der Waals surface area contributed by atoms with Crippen LogP contribution in [-0.2, 0) is 4.79 Å². The molecule has 0 spiro atoms. The van der Waals surface area contributed by atoms with Crippen LogP contribution in [0.1, 0.15) is 19.3 Å². The number of carbonyl (C=O) groups is 1. The van der Waals surface area contributed by atoms with Gasteiger partial charge in [0.1, 0.15) is 0 Å². The minimum Gasteiger partial charge on any atom is -0.346 e. The first kappa shape index (κ1) is 14.7. The van der Waals surface area contributed by atoms with Crippen molar-refractivity contribution in [3.8, 4) is 11.3 Å². The van der Waals surface area contributed by atoms with E-state index >= 15 is 0 Å². The lowest BCUT2D eigenvalue weighted by atomic mass is 10.2. The van der Waals surface area contributed by atoms with Gasteiger partial charge in [0.05, 0.1) is 5.69 Å². The molecule has 5 heteroatoms. The van der Waals surface area contributed by atoms with Gasteiger partial charge in [-0.15, -0.1) is 11.3 Å². The third-order valence-electron chi connectivity index (χ3n) is 4.57. The number of hydrogen-bond donors (Lipinski definition) is 0. The number of amides is 1. The smallest absolute Gasteiger partial charge is 0.225 e. The molecule has 2 aliphatic rings. The standard InChI is InChI=1S/C18H21N3OS/c22-17(15-7-8-15)20-9-4-10-21(12-11-20)18-19-16(13-23-18)14-5-2-1-3-6-14/h1-3,5-6,13,15H,4,7-12H2. The molecular formula is C18H21N3OS. The van der Waals surface area contributed by atoms with Gasteiger partial charge in [-0.1, -0.05) is 30.3 Å². The van der Waals surface area contributed by atoms with Gasteiger partial charge in [-0.3, -0.25) is 4.79 Å². The van der Waals surface area contributed by atoms with E-state index in [2.05, 4.69) is 27.3 Å². The number of thiazole rings is 1. The van der Waals surface area contributed by atoms with E-state index in [0.29, 0.717) is 11.8 Å². The molecule has 1 aliphatic heterocycles. The molecule has 1 saturated carbocycles. The second kappa shape index (κ2) is 6.32. The molecule has 0 atom stereocenters. The molecule has 4 nitrogen and oxygen atoms in total. The number of benzene rings is 1. The Morgan fingerprint density at radius 2 is 1.91 bits per heavy atom. The zero-order valence-electron chi connectivity index (χ0n) is 13.1. The Labute approximate surface area is 140 Å². The summed E-state index contributed by atoms with van der Waals surface area (Å²) in [4.78, 5) is 21.4. The average molecular weight is 327 g/mol. The van der Waals surface area contributed by atoms with Crippen molar-refractivity contribution >= 4 is 22.4 Å².